The molecule has 0 aromatic heterocycles. The first-order chi connectivity index (χ1) is 14.7. The van der Waals surface area contributed by atoms with Crippen molar-refractivity contribution >= 4 is 28.4 Å². The van der Waals surface area contributed by atoms with Crippen LogP contribution in [0.25, 0.3) is 0 Å². The van der Waals surface area contributed by atoms with Crippen LogP contribution in [0.4, 0.5) is 28.4 Å². The van der Waals surface area contributed by atoms with Gasteiger partial charge in [-0.25, -0.2) is 0 Å². The highest BCUT2D eigenvalue weighted by Gasteiger charge is 2.13. The minimum absolute atomic E-state index is 0.0159. The Bertz CT molecular complexity index is 1060. The van der Waals surface area contributed by atoms with Crippen molar-refractivity contribution < 1.29 is 14.9 Å². The Morgan fingerprint density at radius 3 is 2.17 bits per heavy atom. The number of ether oxygens (including phenoxy) is 1. The molecule has 1 fully saturated rings. The van der Waals surface area contributed by atoms with E-state index in [0.717, 1.165) is 24.5 Å². The van der Waals surface area contributed by atoms with Crippen LogP contribution in [0.2, 0.25) is 0 Å². The lowest BCUT2D eigenvalue weighted by Gasteiger charge is -2.28. The molecule has 1 heterocycles. The average molecular weight is 403 g/mol. The summed E-state index contributed by atoms with van der Waals surface area (Å²) in [7, 11) is 0. The van der Waals surface area contributed by atoms with Gasteiger partial charge in [0, 0.05) is 24.8 Å². The zero-order valence-corrected chi connectivity index (χ0v) is 16.2. The van der Waals surface area contributed by atoms with Crippen molar-refractivity contribution in [3.8, 4) is 11.5 Å². The Balaban J connectivity index is 1.51. The van der Waals surface area contributed by atoms with Crippen molar-refractivity contribution in [1.29, 1.82) is 0 Å². The molecule has 8 nitrogen and oxygen atoms in total. The molecule has 2 N–H and O–H groups in total. The van der Waals surface area contributed by atoms with Gasteiger partial charge in [0.15, 0.2) is 0 Å². The smallest absolute Gasteiger partial charge is 0.145 e. The summed E-state index contributed by atoms with van der Waals surface area (Å²) >= 11 is 0. The van der Waals surface area contributed by atoms with E-state index in [4.69, 9.17) is 4.74 Å². The lowest BCUT2D eigenvalue weighted by Crippen LogP contribution is -2.36. The summed E-state index contributed by atoms with van der Waals surface area (Å²) in [6, 6.07) is 19.3. The summed E-state index contributed by atoms with van der Waals surface area (Å²) in [5.74, 6) is -0.0241. The minimum atomic E-state index is -0.0400. The number of rotatable bonds is 5. The lowest BCUT2D eigenvalue weighted by molar-refractivity contribution is 0.122. The number of morpholine rings is 1. The standard InChI is InChI=1S/C22H21N5O3/c28-21-9-6-17(24-23-16-4-2-1-3-5-16)14-20(21)26-25-19-8-7-18(15-22(19)29)27-10-12-30-13-11-27/h1-9,14-15,28-29H,10-13H2. The fourth-order valence-corrected chi connectivity index (χ4v) is 2.99. The van der Waals surface area contributed by atoms with Crippen LogP contribution in [-0.4, -0.2) is 36.5 Å². The summed E-state index contributed by atoms with van der Waals surface area (Å²) in [6.45, 7) is 2.88. The van der Waals surface area contributed by atoms with Gasteiger partial charge in [-0.05, 0) is 42.5 Å². The van der Waals surface area contributed by atoms with Crippen LogP contribution < -0.4 is 4.90 Å². The van der Waals surface area contributed by atoms with Gasteiger partial charge in [0.2, 0.25) is 0 Å². The van der Waals surface area contributed by atoms with E-state index in [-0.39, 0.29) is 17.2 Å². The average Bonchev–Trinajstić information content (AvgIpc) is 2.79. The number of azo groups is 2. The van der Waals surface area contributed by atoms with Gasteiger partial charge in [-0.2, -0.15) is 10.2 Å². The van der Waals surface area contributed by atoms with Crippen molar-refractivity contribution in [2.75, 3.05) is 31.2 Å². The molecule has 1 aliphatic heterocycles. The van der Waals surface area contributed by atoms with Gasteiger partial charge in [0.05, 0.1) is 24.6 Å². The molecular weight excluding hydrogens is 382 g/mol. The number of phenolic OH excluding ortho intramolecular Hbond substituents is 2. The third-order valence-corrected chi connectivity index (χ3v) is 4.60. The number of hydrogen-bond donors (Lipinski definition) is 2. The Morgan fingerprint density at radius 1 is 0.667 bits per heavy atom. The molecule has 0 saturated carbocycles. The maximum atomic E-state index is 10.3. The third kappa shape index (κ3) is 4.79. The zero-order chi connectivity index (χ0) is 20.8. The quantitative estimate of drug-likeness (QED) is 0.528. The van der Waals surface area contributed by atoms with Gasteiger partial charge >= 0.3 is 0 Å². The minimum Gasteiger partial charge on any atom is -0.506 e. The molecule has 0 spiro atoms. The van der Waals surface area contributed by atoms with Crippen LogP contribution >= 0.6 is 0 Å². The molecule has 0 aliphatic carbocycles. The monoisotopic (exact) mass is 403 g/mol. The van der Waals surface area contributed by atoms with Crippen molar-refractivity contribution in [2.45, 2.75) is 0 Å². The summed E-state index contributed by atoms with van der Waals surface area (Å²) in [4.78, 5) is 2.14. The fraction of sp³-hybridized carbons (Fsp3) is 0.182. The molecule has 0 amide bonds. The molecule has 30 heavy (non-hydrogen) atoms. The van der Waals surface area contributed by atoms with Crippen LogP contribution in [0, 0.1) is 0 Å². The molecule has 3 aromatic rings. The molecule has 4 rings (SSSR count). The largest absolute Gasteiger partial charge is 0.506 e. The Hall–Kier alpha value is -3.78. The summed E-state index contributed by atoms with van der Waals surface area (Å²) in [6.07, 6.45) is 0. The van der Waals surface area contributed by atoms with Gasteiger partial charge in [0.1, 0.15) is 22.9 Å². The third-order valence-electron chi connectivity index (χ3n) is 4.60. The molecule has 152 valence electrons. The second kappa shape index (κ2) is 9.15. The predicted molar refractivity (Wildman–Crippen MR) is 114 cm³/mol. The van der Waals surface area contributed by atoms with Gasteiger partial charge in [-0.15, -0.1) is 10.2 Å². The second-order valence-electron chi connectivity index (χ2n) is 6.68. The SMILES string of the molecule is Oc1cc(N2CCOCC2)ccc1N=Nc1cc(N=Nc2ccccc2)ccc1O. The van der Waals surface area contributed by atoms with Crippen molar-refractivity contribution in [3.63, 3.8) is 0 Å². The van der Waals surface area contributed by atoms with Gasteiger partial charge in [-0.3, -0.25) is 0 Å². The summed E-state index contributed by atoms with van der Waals surface area (Å²) in [5, 5.41) is 36.9. The van der Waals surface area contributed by atoms with Crippen molar-refractivity contribution in [1.82, 2.24) is 0 Å². The second-order valence-corrected chi connectivity index (χ2v) is 6.68. The van der Waals surface area contributed by atoms with E-state index in [1.807, 2.05) is 36.4 Å². The molecule has 0 bridgehead atoms. The Morgan fingerprint density at radius 2 is 1.40 bits per heavy atom. The number of nitrogens with zero attached hydrogens (tertiary/aromatic N) is 5. The molecule has 1 aliphatic rings. The van der Waals surface area contributed by atoms with E-state index in [1.54, 1.807) is 24.3 Å². The molecular formula is C22H21N5O3. The van der Waals surface area contributed by atoms with E-state index in [2.05, 4.69) is 25.4 Å². The van der Waals surface area contributed by atoms with E-state index in [1.165, 1.54) is 6.07 Å². The summed E-state index contributed by atoms with van der Waals surface area (Å²) < 4.78 is 5.35. The van der Waals surface area contributed by atoms with E-state index in [0.29, 0.717) is 24.6 Å². The number of hydrogen-bond acceptors (Lipinski definition) is 8. The first-order valence-electron chi connectivity index (χ1n) is 9.56. The zero-order valence-electron chi connectivity index (χ0n) is 16.2. The van der Waals surface area contributed by atoms with Crippen LogP contribution in [0.5, 0.6) is 11.5 Å². The first kappa shape index (κ1) is 19.5. The van der Waals surface area contributed by atoms with E-state index >= 15 is 0 Å². The highest BCUT2D eigenvalue weighted by atomic mass is 16.5. The predicted octanol–water partition coefficient (Wildman–Crippen LogP) is 5.77. The van der Waals surface area contributed by atoms with Crippen LogP contribution in [0.15, 0.2) is 87.2 Å². The number of phenols is 2. The fourth-order valence-electron chi connectivity index (χ4n) is 2.99. The molecule has 0 radical (unpaired) electrons. The van der Waals surface area contributed by atoms with E-state index < -0.39 is 0 Å². The van der Waals surface area contributed by atoms with Crippen molar-refractivity contribution in [3.05, 3.63) is 66.7 Å². The highest BCUT2D eigenvalue weighted by molar-refractivity contribution is 5.63. The topological polar surface area (TPSA) is 102 Å². The maximum Gasteiger partial charge on any atom is 0.145 e. The van der Waals surface area contributed by atoms with Crippen LogP contribution in [-0.2, 0) is 4.74 Å². The molecule has 1 saturated heterocycles. The van der Waals surface area contributed by atoms with Crippen LogP contribution in [0.3, 0.4) is 0 Å². The maximum absolute atomic E-state index is 10.3. The van der Waals surface area contributed by atoms with Gasteiger partial charge in [0.25, 0.3) is 0 Å². The Labute approximate surface area is 173 Å². The number of benzene rings is 3. The van der Waals surface area contributed by atoms with Crippen LogP contribution in [0.1, 0.15) is 0 Å². The lowest BCUT2D eigenvalue weighted by atomic mass is 10.2. The highest BCUT2D eigenvalue weighted by Crippen LogP contribution is 2.36. The van der Waals surface area contributed by atoms with Gasteiger partial charge < -0.3 is 19.8 Å². The first-order valence-corrected chi connectivity index (χ1v) is 9.56. The molecule has 8 heteroatoms. The molecule has 0 atom stereocenters. The van der Waals surface area contributed by atoms with E-state index in [9.17, 15) is 10.2 Å². The molecule has 3 aromatic carbocycles. The number of aromatic hydroxyl groups is 2. The number of anilines is 1. The normalized spacial score (nSPS) is 14.6. The summed E-state index contributed by atoms with van der Waals surface area (Å²) in [5.41, 5.74) is 2.69. The molecule has 0 unspecified atom stereocenters. The Kier molecular flexibility index (Phi) is 5.95. The van der Waals surface area contributed by atoms with Gasteiger partial charge in [-0.1, -0.05) is 18.2 Å². The van der Waals surface area contributed by atoms with Crippen molar-refractivity contribution in [2.24, 2.45) is 20.5 Å².